The summed E-state index contributed by atoms with van der Waals surface area (Å²) in [5, 5.41) is 3.65. The van der Waals surface area contributed by atoms with Crippen LogP contribution in [0.5, 0.6) is 0 Å². The van der Waals surface area contributed by atoms with Crippen molar-refractivity contribution in [2.24, 2.45) is 11.3 Å². The fraction of sp³-hybridized carbons (Fsp3) is 1.00. The third-order valence-corrected chi connectivity index (χ3v) is 4.69. The van der Waals surface area contributed by atoms with Gasteiger partial charge in [0.15, 0.2) is 0 Å². The summed E-state index contributed by atoms with van der Waals surface area (Å²) in [5.41, 5.74) is 0.443. The lowest BCUT2D eigenvalue weighted by molar-refractivity contribution is 0.0724. The first-order valence-electron chi connectivity index (χ1n) is 8.45. The minimum atomic E-state index is 0.443. The van der Waals surface area contributed by atoms with Crippen LogP contribution in [0.15, 0.2) is 0 Å². The molecule has 1 aliphatic rings. The molecule has 0 aromatic heterocycles. The van der Waals surface area contributed by atoms with Crippen molar-refractivity contribution in [2.75, 3.05) is 26.2 Å². The topological polar surface area (TPSA) is 15.3 Å². The fourth-order valence-electron chi connectivity index (χ4n) is 3.57. The molecule has 2 heteroatoms. The maximum Gasteiger partial charge on any atom is 0.00697 e. The van der Waals surface area contributed by atoms with Crippen LogP contribution < -0.4 is 5.32 Å². The Kier molecular flexibility index (Phi) is 7.38. The van der Waals surface area contributed by atoms with Crippen LogP contribution in [0, 0.1) is 11.3 Å². The van der Waals surface area contributed by atoms with Crippen molar-refractivity contribution >= 4 is 0 Å². The van der Waals surface area contributed by atoms with Gasteiger partial charge in [-0.05, 0) is 57.0 Å². The maximum atomic E-state index is 3.65. The van der Waals surface area contributed by atoms with Gasteiger partial charge in [-0.25, -0.2) is 0 Å². The summed E-state index contributed by atoms with van der Waals surface area (Å²) in [6.45, 7) is 16.8. The Bertz CT molecular complexity index is 241. The zero-order chi connectivity index (χ0) is 14.3. The van der Waals surface area contributed by atoms with E-state index in [0.29, 0.717) is 5.41 Å². The van der Waals surface area contributed by atoms with Crippen LogP contribution in [0.4, 0.5) is 0 Å². The Hall–Kier alpha value is -0.0800. The average molecular weight is 268 g/mol. The zero-order valence-corrected chi connectivity index (χ0v) is 14.0. The summed E-state index contributed by atoms with van der Waals surface area (Å²) >= 11 is 0. The van der Waals surface area contributed by atoms with Crippen LogP contribution >= 0.6 is 0 Å². The number of hydrogen-bond donors (Lipinski definition) is 1. The third-order valence-electron chi connectivity index (χ3n) is 4.69. The molecule has 0 aromatic carbocycles. The number of rotatable bonds is 8. The maximum absolute atomic E-state index is 3.65. The summed E-state index contributed by atoms with van der Waals surface area (Å²) < 4.78 is 0. The van der Waals surface area contributed by atoms with Gasteiger partial charge in [-0.1, -0.05) is 34.1 Å². The van der Waals surface area contributed by atoms with Crippen molar-refractivity contribution in [3.05, 3.63) is 0 Å². The highest BCUT2D eigenvalue weighted by Crippen LogP contribution is 2.29. The number of nitrogens with zero attached hydrogens (tertiary/aromatic N) is 1. The molecule has 1 N–H and O–H groups in total. The highest BCUT2D eigenvalue weighted by atomic mass is 15.2. The van der Waals surface area contributed by atoms with Crippen molar-refractivity contribution in [1.82, 2.24) is 10.2 Å². The highest BCUT2D eigenvalue weighted by Gasteiger charge is 2.30. The molecule has 19 heavy (non-hydrogen) atoms. The molecule has 1 heterocycles. The van der Waals surface area contributed by atoms with Crippen molar-refractivity contribution in [3.8, 4) is 0 Å². The molecule has 0 spiro atoms. The Balaban J connectivity index is 2.51. The van der Waals surface area contributed by atoms with E-state index >= 15 is 0 Å². The van der Waals surface area contributed by atoms with Gasteiger partial charge in [0.05, 0.1) is 0 Å². The number of hydrogen-bond acceptors (Lipinski definition) is 2. The summed E-state index contributed by atoms with van der Waals surface area (Å²) in [7, 11) is 0. The van der Waals surface area contributed by atoms with E-state index in [0.717, 1.165) is 18.5 Å². The predicted octanol–water partition coefficient (Wildman–Crippen LogP) is 3.91. The minimum Gasteiger partial charge on any atom is -0.316 e. The second-order valence-electron chi connectivity index (χ2n) is 7.19. The molecule has 0 saturated carbocycles. The third kappa shape index (κ3) is 5.83. The molecule has 114 valence electrons. The van der Waals surface area contributed by atoms with Crippen LogP contribution in [0.1, 0.15) is 66.7 Å². The van der Waals surface area contributed by atoms with E-state index in [1.807, 2.05) is 0 Å². The van der Waals surface area contributed by atoms with Gasteiger partial charge in [0, 0.05) is 19.1 Å². The van der Waals surface area contributed by atoms with E-state index in [2.05, 4.69) is 44.8 Å². The number of nitrogens with one attached hydrogen (secondary N) is 1. The molecule has 0 aliphatic carbocycles. The van der Waals surface area contributed by atoms with E-state index in [4.69, 9.17) is 0 Å². The molecule has 0 bridgehead atoms. The van der Waals surface area contributed by atoms with Crippen molar-refractivity contribution in [3.63, 3.8) is 0 Å². The standard InChI is InChI=1S/C17H36N2/c1-6-9-17(5,13-18-10-7-2)14-19-11-8-15(3)12-16(19)4/h15-16,18H,6-14H2,1-5H3. The molecule has 0 radical (unpaired) electrons. The van der Waals surface area contributed by atoms with Gasteiger partial charge in [0.1, 0.15) is 0 Å². The first-order valence-corrected chi connectivity index (χ1v) is 8.45. The second kappa shape index (κ2) is 8.26. The van der Waals surface area contributed by atoms with E-state index in [-0.39, 0.29) is 0 Å². The van der Waals surface area contributed by atoms with E-state index < -0.39 is 0 Å². The Labute approximate surface area is 121 Å². The first-order chi connectivity index (χ1) is 9.00. The van der Waals surface area contributed by atoms with E-state index in [1.165, 1.54) is 51.7 Å². The molecular weight excluding hydrogens is 232 g/mol. The van der Waals surface area contributed by atoms with Gasteiger partial charge in [-0.15, -0.1) is 0 Å². The van der Waals surface area contributed by atoms with Crippen molar-refractivity contribution < 1.29 is 0 Å². The molecular formula is C17H36N2. The van der Waals surface area contributed by atoms with Crippen LogP contribution in [0.25, 0.3) is 0 Å². The van der Waals surface area contributed by atoms with Gasteiger partial charge in [0.2, 0.25) is 0 Å². The predicted molar refractivity (Wildman–Crippen MR) is 85.6 cm³/mol. The summed E-state index contributed by atoms with van der Waals surface area (Å²) in [6.07, 6.45) is 6.63. The van der Waals surface area contributed by atoms with Gasteiger partial charge in [0.25, 0.3) is 0 Å². The summed E-state index contributed by atoms with van der Waals surface area (Å²) in [6, 6.07) is 0.770. The average Bonchev–Trinajstić information content (AvgIpc) is 2.34. The lowest BCUT2D eigenvalue weighted by Crippen LogP contribution is -2.48. The van der Waals surface area contributed by atoms with Crippen LogP contribution in [-0.4, -0.2) is 37.1 Å². The Morgan fingerprint density at radius 3 is 2.53 bits per heavy atom. The molecule has 2 nitrogen and oxygen atoms in total. The van der Waals surface area contributed by atoms with Crippen LogP contribution in [-0.2, 0) is 0 Å². The molecule has 1 saturated heterocycles. The minimum absolute atomic E-state index is 0.443. The fourth-order valence-corrected chi connectivity index (χ4v) is 3.57. The number of likely N-dealkylation sites (tertiary alicyclic amines) is 1. The van der Waals surface area contributed by atoms with Crippen molar-refractivity contribution in [2.45, 2.75) is 72.8 Å². The Morgan fingerprint density at radius 2 is 1.95 bits per heavy atom. The molecule has 1 aliphatic heterocycles. The molecule has 3 atom stereocenters. The zero-order valence-electron chi connectivity index (χ0n) is 14.0. The lowest BCUT2D eigenvalue weighted by Gasteiger charge is -2.42. The summed E-state index contributed by atoms with van der Waals surface area (Å²) in [4.78, 5) is 2.74. The highest BCUT2D eigenvalue weighted by molar-refractivity contribution is 4.85. The first kappa shape index (κ1) is 17.0. The second-order valence-corrected chi connectivity index (χ2v) is 7.19. The molecule has 1 rings (SSSR count). The summed E-state index contributed by atoms with van der Waals surface area (Å²) in [5.74, 6) is 0.918. The van der Waals surface area contributed by atoms with Gasteiger partial charge < -0.3 is 10.2 Å². The lowest BCUT2D eigenvalue weighted by atomic mass is 9.82. The Morgan fingerprint density at radius 1 is 1.21 bits per heavy atom. The molecule has 3 unspecified atom stereocenters. The largest absolute Gasteiger partial charge is 0.316 e. The molecule has 0 amide bonds. The van der Waals surface area contributed by atoms with Crippen molar-refractivity contribution in [1.29, 1.82) is 0 Å². The SMILES string of the molecule is CCCNCC(C)(CCC)CN1CCC(C)CC1C. The smallest absolute Gasteiger partial charge is 0.00697 e. The normalized spacial score (nSPS) is 28.3. The molecule has 1 fully saturated rings. The van der Waals surface area contributed by atoms with E-state index in [9.17, 15) is 0 Å². The van der Waals surface area contributed by atoms with E-state index in [1.54, 1.807) is 0 Å². The monoisotopic (exact) mass is 268 g/mol. The van der Waals surface area contributed by atoms with Crippen LogP contribution in [0.2, 0.25) is 0 Å². The van der Waals surface area contributed by atoms with Gasteiger partial charge in [-0.3, -0.25) is 0 Å². The quantitative estimate of drug-likeness (QED) is 0.671. The van der Waals surface area contributed by atoms with Gasteiger partial charge >= 0.3 is 0 Å². The number of piperidine rings is 1. The van der Waals surface area contributed by atoms with Gasteiger partial charge in [-0.2, -0.15) is 0 Å². The van der Waals surface area contributed by atoms with Crippen LogP contribution in [0.3, 0.4) is 0 Å². The molecule has 0 aromatic rings.